The van der Waals surface area contributed by atoms with Crippen molar-refractivity contribution < 1.29 is 9.18 Å². The van der Waals surface area contributed by atoms with E-state index in [0.717, 1.165) is 21.5 Å². The maximum Gasteiger partial charge on any atom is 0.272 e. The van der Waals surface area contributed by atoms with Gasteiger partial charge < -0.3 is 5.32 Å². The van der Waals surface area contributed by atoms with Gasteiger partial charge in [-0.05, 0) is 47.3 Å². The van der Waals surface area contributed by atoms with Crippen LogP contribution in [0, 0.1) is 5.82 Å². The van der Waals surface area contributed by atoms with Crippen molar-refractivity contribution in [1.82, 2.24) is 14.9 Å². The third-order valence-electron chi connectivity index (χ3n) is 3.89. The molecule has 0 fully saturated rings. The van der Waals surface area contributed by atoms with E-state index in [4.69, 9.17) is 0 Å². The van der Waals surface area contributed by atoms with Crippen LogP contribution in [-0.4, -0.2) is 15.5 Å². The lowest BCUT2D eigenvalue weighted by Gasteiger charge is -2.08. The minimum Gasteiger partial charge on any atom is -0.347 e. The Bertz CT molecular complexity index is 1020. The highest BCUT2D eigenvalue weighted by Crippen LogP contribution is 2.29. The molecule has 0 atom stereocenters. The van der Waals surface area contributed by atoms with E-state index in [1.54, 1.807) is 34.1 Å². The van der Waals surface area contributed by atoms with Gasteiger partial charge in [0.15, 0.2) is 0 Å². The molecule has 124 valence electrons. The summed E-state index contributed by atoms with van der Waals surface area (Å²) in [7, 11) is 0. The molecule has 0 aliphatic carbocycles. The number of halogens is 1. The van der Waals surface area contributed by atoms with Crippen molar-refractivity contribution in [3.8, 4) is 10.4 Å². The Balaban J connectivity index is 1.62. The number of thiophene rings is 1. The van der Waals surface area contributed by atoms with Gasteiger partial charge in [-0.3, -0.25) is 4.79 Å². The van der Waals surface area contributed by atoms with Crippen LogP contribution in [-0.2, 0) is 6.54 Å². The van der Waals surface area contributed by atoms with Gasteiger partial charge in [0.1, 0.15) is 11.5 Å². The maximum absolute atomic E-state index is 12.9. The molecular formula is C19H14FN3OS. The number of fused-ring (bicyclic) bond motifs is 1. The van der Waals surface area contributed by atoms with Crippen LogP contribution >= 0.6 is 11.3 Å². The predicted molar refractivity (Wildman–Crippen MR) is 96.1 cm³/mol. The molecule has 25 heavy (non-hydrogen) atoms. The summed E-state index contributed by atoms with van der Waals surface area (Å²) < 4.78 is 14.7. The van der Waals surface area contributed by atoms with Crippen molar-refractivity contribution in [3.05, 3.63) is 83.2 Å². The highest BCUT2D eigenvalue weighted by molar-refractivity contribution is 7.13. The number of carbonyl (C=O) groups excluding carboxylic acids is 1. The second-order valence-electron chi connectivity index (χ2n) is 5.57. The number of hydrogen-bond acceptors (Lipinski definition) is 3. The van der Waals surface area contributed by atoms with Gasteiger partial charge in [-0.15, -0.1) is 11.3 Å². The summed E-state index contributed by atoms with van der Waals surface area (Å²) in [4.78, 5) is 13.6. The molecule has 0 radical (unpaired) electrons. The summed E-state index contributed by atoms with van der Waals surface area (Å²) in [5.74, 6) is -0.562. The minimum absolute atomic E-state index is 0.266. The fourth-order valence-electron chi connectivity index (χ4n) is 2.64. The SMILES string of the molecule is O=C(NCc1ccc(F)cc1)c1cc(-c2cccs2)c2cccn2n1. The van der Waals surface area contributed by atoms with Gasteiger partial charge in [0, 0.05) is 23.2 Å². The molecule has 3 heterocycles. The topological polar surface area (TPSA) is 46.4 Å². The third-order valence-corrected chi connectivity index (χ3v) is 4.79. The van der Waals surface area contributed by atoms with E-state index >= 15 is 0 Å². The van der Waals surface area contributed by atoms with Crippen LogP contribution in [0.15, 0.2) is 66.2 Å². The molecule has 4 nitrogen and oxygen atoms in total. The number of benzene rings is 1. The first kappa shape index (κ1) is 15.5. The summed E-state index contributed by atoms with van der Waals surface area (Å²) in [6.07, 6.45) is 1.82. The molecule has 0 aliphatic rings. The molecule has 0 saturated carbocycles. The number of hydrogen-bond donors (Lipinski definition) is 1. The van der Waals surface area contributed by atoms with Crippen LogP contribution in [0.3, 0.4) is 0 Å². The molecule has 0 spiro atoms. The van der Waals surface area contributed by atoms with E-state index in [0.29, 0.717) is 12.2 Å². The second-order valence-corrected chi connectivity index (χ2v) is 6.52. The lowest BCUT2D eigenvalue weighted by Crippen LogP contribution is -2.24. The Labute approximate surface area is 147 Å². The molecule has 0 saturated heterocycles. The van der Waals surface area contributed by atoms with E-state index in [-0.39, 0.29) is 11.7 Å². The fourth-order valence-corrected chi connectivity index (χ4v) is 3.39. The first-order chi connectivity index (χ1) is 12.2. The quantitative estimate of drug-likeness (QED) is 0.601. The Hall–Kier alpha value is -2.99. The minimum atomic E-state index is -0.296. The number of amides is 1. The summed E-state index contributed by atoms with van der Waals surface area (Å²) in [6.45, 7) is 0.318. The highest BCUT2D eigenvalue weighted by Gasteiger charge is 2.14. The van der Waals surface area contributed by atoms with Gasteiger partial charge >= 0.3 is 0 Å². The number of carbonyl (C=O) groups is 1. The maximum atomic E-state index is 12.9. The summed E-state index contributed by atoms with van der Waals surface area (Å²) in [5, 5.41) is 9.22. The monoisotopic (exact) mass is 351 g/mol. The van der Waals surface area contributed by atoms with Crippen LogP contribution in [0.4, 0.5) is 4.39 Å². The predicted octanol–water partition coefficient (Wildman–Crippen LogP) is 4.13. The van der Waals surface area contributed by atoms with Gasteiger partial charge in [0.25, 0.3) is 5.91 Å². The molecule has 1 N–H and O–H groups in total. The van der Waals surface area contributed by atoms with Crippen LogP contribution in [0.5, 0.6) is 0 Å². The van der Waals surface area contributed by atoms with Crippen LogP contribution < -0.4 is 5.32 Å². The number of nitrogens with zero attached hydrogens (tertiary/aromatic N) is 2. The number of aromatic nitrogens is 2. The molecular weight excluding hydrogens is 337 g/mol. The molecule has 1 aromatic carbocycles. The van der Waals surface area contributed by atoms with Crippen LogP contribution in [0.1, 0.15) is 16.1 Å². The van der Waals surface area contributed by atoms with Crippen molar-refractivity contribution in [2.24, 2.45) is 0 Å². The second kappa shape index (κ2) is 6.49. The number of nitrogens with one attached hydrogen (secondary N) is 1. The van der Waals surface area contributed by atoms with Gasteiger partial charge in [0.2, 0.25) is 0 Å². The Morgan fingerprint density at radius 1 is 1.16 bits per heavy atom. The van der Waals surface area contributed by atoms with Crippen molar-refractivity contribution in [3.63, 3.8) is 0 Å². The number of rotatable bonds is 4. The molecule has 3 aromatic heterocycles. The van der Waals surface area contributed by atoms with E-state index in [1.165, 1.54) is 12.1 Å². The zero-order valence-corrected chi connectivity index (χ0v) is 14.0. The normalized spacial score (nSPS) is 10.9. The molecule has 4 aromatic rings. The largest absolute Gasteiger partial charge is 0.347 e. The Kier molecular flexibility index (Phi) is 4.03. The summed E-state index contributed by atoms with van der Waals surface area (Å²) in [6, 6.07) is 15.7. The summed E-state index contributed by atoms with van der Waals surface area (Å²) in [5.41, 5.74) is 3.10. The fraction of sp³-hybridized carbons (Fsp3) is 0.0526. The van der Waals surface area contributed by atoms with Crippen molar-refractivity contribution in [1.29, 1.82) is 0 Å². The molecule has 0 unspecified atom stereocenters. The molecule has 0 aliphatic heterocycles. The molecule has 1 amide bonds. The summed E-state index contributed by atoms with van der Waals surface area (Å²) >= 11 is 1.62. The van der Waals surface area contributed by atoms with Crippen LogP contribution in [0.2, 0.25) is 0 Å². The van der Waals surface area contributed by atoms with E-state index < -0.39 is 0 Å². The smallest absolute Gasteiger partial charge is 0.272 e. The van der Waals surface area contributed by atoms with Gasteiger partial charge in [-0.2, -0.15) is 5.10 Å². The first-order valence-electron chi connectivity index (χ1n) is 7.75. The van der Waals surface area contributed by atoms with Crippen molar-refractivity contribution >= 4 is 22.8 Å². The van der Waals surface area contributed by atoms with E-state index in [1.807, 2.05) is 35.8 Å². The average molecular weight is 351 g/mol. The van der Waals surface area contributed by atoms with Crippen molar-refractivity contribution in [2.75, 3.05) is 0 Å². The van der Waals surface area contributed by atoms with Gasteiger partial charge in [0.05, 0.1) is 5.52 Å². The third kappa shape index (κ3) is 3.16. The highest BCUT2D eigenvalue weighted by atomic mass is 32.1. The molecule has 4 rings (SSSR count). The zero-order chi connectivity index (χ0) is 17.2. The van der Waals surface area contributed by atoms with Gasteiger partial charge in [-0.25, -0.2) is 8.91 Å². The van der Waals surface area contributed by atoms with E-state index in [2.05, 4.69) is 10.4 Å². The average Bonchev–Trinajstić information content (AvgIpc) is 3.31. The Morgan fingerprint density at radius 2 is 2.00 bits per heavy atom. The van der Waals surface area contributed by atoms with Crippen molar-refractivity contribution in [2.45, 2.75) is 6.54 Å². The lowest BCUT2D eigenvalue weighted by molar-refractivity contribution is 0.0944. The first-order valence-corrected chi connectivity index (χ1v) is 8.63. The van der Waals surface area contributed by atoms with Crippen LogP contribution in [0.25, 0.3) is 16.0 Å². The van der Waals surface area contributed by atoms with Gasteiger partial charge in [-0.1, -0.05) is 18.2 Å². The Morgan fingerprint density at radius 3 is 2.76 bits per heavy atom. The van der Waals surface area contributed by atoms with E-state index in [9.17, 15) is 9.18 Å². The zero-order valence-electron chi connectivity index (χ0n) is 13.1. The lowest BCUT2D eigenvalue weighted by atomic mass is 10.1. The molecule has 0 bridgehead atoms. The molecule has 6 heteroatoms. The standard InChI is InChI=1S/C19H14FN3OS/c20-14-7-5-13(6-8-14)12-21-19(24)16-11-15(18-4-2-10-25-18)17-3-1-9-23(17)22-16/h1-11H,12H2,(H,21,24).